The maximum absolute atomic E-state index is 12.3. The highest BCUT2D eigenvalue weighted by Crippen LogP contribution is 2.67. The topological polar surface area (TPSA) is 72.8 Å². The second-order valence-electron chi connectivity index (χ2n) is 14.1. The van der Waals surface area contributed by atoms with E-state index >= 15 is 0 Å². The number of carbonyl (C=O) groups is 2. The number of methoxy groups -OCH3 is 1. The molecule has 3 saturated carbocycles. The predicted molar refractivity (Wildman–Crippen MR) is 146 cm³/mol. The van der Waals surface area contributed by atoms with Crippen LogP contribution in [0.3, 0.4) is 0 Å². The first-order valence-electron chi connectivity index (χ1n) is 15.1. The van der Waals surface area contributed by atoms with E-state index in [4.69, 9.17) is 4.74 Å². The number of ether oxygens (including phenoxy) is 2. The van der Waals surface area contributed by atoms with Gasteiger partial charge in [0.2, 0.25) is 0 Å². The molecule has 0 heterocycles. The molecule has 0 saturated heterocycles. The molecule has 8 atom stereocenters. The monoisotopic (exact) mass is 516 g/mol. The summed E-state index contributed by atoms with van der Waals surface area (Å²) in [7, 11) is 1.35. The normalized spacial score (nSPS) is 38.0. The van der Waals surface area contributed by atoms with Crippen LogP contribution in [0.4, 0.5) is 0 Å². The maximum Gasteiger partial charge on any atom is 0.306 e. The summed E-state index contributed by atoms with van der Waals surface area (Å²) in [6.45, 7) is 11.5. The van der Waals surface area contributed by atoms with E-state index in [9.17, 15) is 14.7 Å². The van der Waals surface area contributed by atoms with Crippen LogP contribution in [-0.2, 0) is 19.1 Å². The zero-order chi connectivity index (χ0) is 27.0. The molecule has 5 heteroatoms. The van der Waals surface area contributed by atoms with Crippen molar-refractivity contribution < 1.29 is 24.2 Å². The molecule has 8 unspecified atom stereocenters. The third-order valence-electron chi connectivity index (χ3n) is 11.3. The van der Waals surface area contributed by atoms with Gasteiger partial charge in [-0.3, -0.25) is 9.59 Å². The summed E-state index contributed by atoms with van der Waals surface area (Å²) in [6.07, 6.45) is 15.3. The quantitative estimate of drug-likeness (QED) is 0.264. The Morgan fingerprint density at radius 2 is 1.81 bits per heavy atom. The van der Waals surface area contributed by atoms with Gasteiger partial charge in [0.25, 0.3) is 0 Å². The van der Waals surface area contributed by atoms with E-state index in [0.29, 0.717) is 5.41 Å². The number of hydrogen-bond acceptors (Lipinski definition) is 5. The van der Waals surface area contributed by atoms with E-state index in [1.54, 1.807) is 0 Å². The van der Waals surface area contributed by atoms with Crippen molar-refractivity contribution in [1.29, 1.82) is 0 Å². The Morgan fingerprint density at radius 1 is 1.08 bits per heavy atom. The fourth-order valence-electron chi connectivity index (χ4n) is 9.31. The molecule has 37 heavy (non-hydrogen) atoms. The van der Waals surface area contributed by atoms with Gasteiger partial charge in [-0.05, 0) is 106 Å². The number of esters is 2. The molecule has 0 aliphatic heterocycles. The van der Waals surface area contributed by atoms with Crippen LogP contribution in [0, 0.1) is 40.4 Å². The molecule has 0 amide bonds. The Morgan fingerprint density at radius 3 is 2.51 bits per heavy atom. The molecular weight excluding hydrogens is 464 g/mol. The summed E-state index contributed by atoms with van der Waals surface area (Å²) in [4.78, 5) is 23.7. The maximum atomic E-state index is 12.3. The molecule has 0 aromatic rings. The van der Waals surface area contributed by atoms with Crippen molar-refractivity contribution in [3.8, 4) is 0 Å². The fourth-order valence-corrected chi connectivity index (χ4v) is 9.31. The summed E-state index contributed by atoms with van der Waals surface area (Å²) in [5.74, 6) is 3.22. The molecule has 3 fully saturated rings. The Hall–Kier alpha value is -1.36. The van der Waals surface area contributed by atoms with Crippen LogP contribution in [0.2, 0.25) is 0 Å². The second kappa shape index (κ2) is 11.0. The minimum absolute atomic E-state index is 0.0597. The van der Waals surface area contributed by atoms with E-state index in [1.165, 1.54) is 51.2 Å². The van der Waals surface area contributed by atoms with Crippen LogP contribution in [0.1, 0.15) is 118 Å². The van der Waals surface area contributed by atoms with E-state index in [1.807, 2.05) is 13.8 Å². The molecular formula is C32H52O5. The first kappa shape index (κ1) is 28.6. The molecule has 5 nitrogen and oxygen atoms in total. The van der Waals surface area contributed by atoms with Gasteiger partial charge in [0, 0.05) is 6.42 Å². The van der Waals surface area contributed by atoms with Gasteiger partial charge in [-0.25, -0.2) is 0 Å². The van der Waals surface area contributed by atoms with E-state index in [0.717, 1.165) is 61.7 Å². The Balaban J connectivity index is 1.38. The summed E-state index contributed by atoms with van der Waals surface area (Å²) >= 11 is 0. The molecule has 0 bridgehead atoms. The van der Waals surface area contributed by atoms with Crippen molar-refractivity contribution in [2.45, 2.75) is 130 Å². The lowest BCUT2D eigenvalue weighted by molar-refractivity contribution is -0.154. The Bertz CT molecular complexity index is 871. The number of carbonyl (C=O) groups excluding carboxylic acids is 2. The minimum atomic E-state index is -0.554. The highest BCUT2D eigenvalue weighted by molar-refractivity contribution is 5.77. The second-order valence-corrected chi connectivity index (χ2v) is 14.1. The van der Waals surface area contributed by atoms with Gasteiger partial charge in [-0.15, -0.1) is 0 Å². The van der Waals surface area contributed by atoms with Crippen molar-refractivity contribution in [2.24, 2.45) is 40.4 Å². The average molecular weight is 517 g/mol. The minimum Gasteiger partial charge on any atom is -0.469 e. The molecule has 0 spiro atoms. The largest absolute Gasteiger partial charge is 0.469 e. The highest BCUT2D eigenvalue weighted by atomic mass is 16.5. The SMILES string of the molecule is COC(=O)CCC(=O)OC1CCC2(C)C(=CCC3C2CCC2(C)C(C(C)CCCC(C)(C)O)CCC32)C1. The van der Waals surface area contributed by atoms with Crippen molar-refractivity contribution in [3.63, 3.8) is 0 Å². The predicted octanol–water partition coefficient (Wildman–Crippen LogP) is 7.01. The fraction of sp³-hybridized carbons (Fsp3) is 0.875. The van der Waals surface area contributed by atoms with Crippen LogP contribution in [0.25, 0.3) is 0 Å². The lowest BCUT2D eigenvalue weighted by atomic mass is 9.47. The molecule has 1 N–H and O–H groups in total. The molecule has 0 aromatic carbocycles. The van der Waals surface area contributed by atoms with Gasteiger partial charge >= 0.3 is 11.9 Å². The zero-order valence-corrected chi connectivity index (χ0v) is 24.3. The van der Waals surface area contributed by atoms with Crippen LogP contribution < -0.4 is 0 Å². The molecule has 210 valence electrons. The lowest BCUT2D eigenvalue weighted by Crippen LogP contribution is -2.51. The van der Waals surface area contributed by atoms with Crippen LogP contribution >= 0.6 is 0 Å². The first-order valence-corrected chi connectivity index (χ1v) is 15.1. The lowest BCUT2D eigenvalue weighted by Gasteiger charge is -2.58. The van der Waals surface area contributed by atoms with Crippen molar-refractivity contribution >= 4 is 11.9 Å². The van der Waals surface area contributed by atoms with Gasteiger partial charge < -0.3 is 14.6 Å². The average Bonchev–Trinajstić information content (AvgIpc) is 3.19. The third kappa shape index (κ3) is 5.97. The number of hydrogen-bond donors (Lipinski definition) is 1. The number of fused-ring (bicyclic) bond motifs is 5. The van der Waals surface area contributed by atoms with E-state index in [-0.39, 0.29) is 36.3 Å². The smallest absolute Gasteiger partial charge is 0.306 e. The molecule has 4 aliphatic rings. The van der Waals surface area contributed by atoms with Crippen LogP contribution in [-0.4, -0.2) is 35.9 Å². The van der Waals surface area contributed by atoms with E-state index in [2.05, 4.69) is 31.6 Å². The first-order chi connectivity index (χ1) is 17.4. The van der Waals surface area contributed by atoms with Crippen LogP contribution in [0.15, 0.2) is 11.6 Å². The van der Waals surface area contributed by atoms with Gasteiger partial charge in [-0.2, -0.15) is 0 Å². The van der Waals surface area contributed by atoms with Crippen molar-refractivity contribution in [1.82, 2.24) is 0 Å². The third-order valence-corrected chi connectivity index (χ3v) is 11.3. The van der Waals surface area contributed by atoms with Gasteiger partial charge in [-0.1, -0.05) is 45.3 Å². The zero-order valence-electron chi connectivity index (χ0n) is 24.3. The van der Waals surface area contributed by atoms with Crippen LogP contribution in [0.5, 0.6) is 0 Å². The Kier molecular flexibility index (Phi) is 8.53. The number of rotatable bonds is 9. The molecule has 0 radical (unpaired) electrons. The van der Waals surface area contributed by atoms with Gasteiger partial charge in [0.05, 0.1) is 25.6 Å². The van der Waals surface area contributed by atoms with E-state index < -0.39 is 5.60 Å². The number of allylic oxidation sites excluding steroid dienone is 1. The molecule has 4 rings (SSSR count). The van der Waals surface area contributed by atoms with Crippen molar-refractivity contribution in [2.75, 3.05) is 7.11 Å². The summed E-state index contributed by atoms with van der Waals surface area (Å²) in [6, 6.07) is 0. The highest BCUT2D eigenvalue weighted by Gasteiger charge is 2.59. The molecule has 4 aliphatic carbocycles. The summed E-state index contributed by atoms with van der Waals surface area (Å²) in [5.41, 5.74) is 1.64. The summed E-state index contributed by atoms with van der Waals surface area (Å²) < 4.78 is 10.4. The standard InChI is InChI=1S/C32H52O5/c1-21(8-7-17-30(2,3)35)25-11-12-26-24-10-9-22-20-23(37-29(34)14-13-28(33)36-6)15-18-31(22,4)27(24)16-19-32(25,26)5/h9,21,23-27,35H,7-8,10-20H2,1-6H3. The number of aliphatic hydroxyl groups is 1. The van der Waals surface area contributed by atoms with Gasteiger partial charge in [0.1, 0.15) is 6.10 Å². The summed E-state index contributed by atoms with van der Waals surface area (Å²) in [5, 5.41) is 10.1. The van der Waals surface area contributed by atoms with Gasteiger partial charge in [0.15, 0.2) is 0 Å². The molecule has 0 aromatic heterocycles. The Labute approximate surface area is 225 Å². The van der Waals surface area contributed by atoms with Crippen molar-refractivity contribution in [3.05, 3.63) is 11.6 Å².